The van der Waals surface area contributed by atoms with Gasteiger partial charge in [0.15, 0.2) is 0 Å². The number of esters is 1. The third kappa shape index (κ3) is 3.64. The molecule has 0 saturated carbocycles. The van der Waals surface area contributed by atoms with Crippen molar-refractivity contribution in [3.8, 4) is 0 Å². The normalized spacial score (nSPS) is 28.6. The summed E-state index contributed by atoms with van der Waals surface area (Å²) in [5.74, 6) is -0.187. The molecule has 82 valence electrons. The molecule has 1 aliphatic rings. The SMILES string of the molecule is CC(C)(C)OC(=O)C1CC(N)CCN1. The van der Waals surface area contributed by atoms with Crippen LogP contribution in [0, 0.1) is 0 Å². The molecular weight excluding hydrogens is 180 g/mol. The van der Waals surface area contributed by atoms with Crippen LogP contribution in [-0.2, 0) is 9.53 Å². The van der Waals surface area contributed by atoms with Gasteiger partial charge in [-0.3, -0.25) is 4.79 Å². The molecule has 1 rings (SSSR count). The Kier molecular flexibility index (Phi) is 3.50. The van der Waals surface area contributed by atoms with E-state index in [1.165, 1.54) is 0 Å². The van der Waals surface area contributed by atoms with Gasteiger partial charge in [0.1, 0.15) is 11.6 Å². The van der Waals surface area contributed by atoms with Crippen LogP contribution in [0.1, 0.15) is 33.6 Å². The van der Waals surface area contributed by atoms with Gasteiger partial charge in [0.05, 0.1) is 0 Å². The Labute approximate surface area is 85.2 Å². The first-order valence-electron chi connectivity index (χ1n) is 5.10. The van der Waals surface area contributed by atoms with E-state index in [4.69, 9.17) is 10.5 Å². The quantitative estimate of drug-likeness (QED) is 0.602. The number of hydrogen-bond acceptors (Lipinski definition) is 4. The summed E-state index contributed by atoms with van der Waals surface area (Å²) in [5, 5.41) is 3.12. The highest BCUT2D eigenvalue weighted by atomic mass is 16.6. The molecule has 4 heteroatoms. The lowest BCUT2D eigenvalue weighted by molar-refractivity contribution is -0.158. The summed E-state index contributed by atoms with van der Waals surface area (Å²) >= 11 is 0. The van der Waals surface area contributed by atoms with Gasteiger partial charge in [-0.15, -0.1) is 0 Å². The van der Waals surface area contributed by atoms with Gasteiger partial charge in [0.2, 0.25) is 0 Å². The van der Waals surface area contributed by atoms with Crippen LogP contribution in [0.5, 0.6) is 0 Å². The minimum atomic E-state index is -0.416. The fourth-order valence-electron chi connectivity index (χ4n) is 1.50. The highest BCUT2D eigenvalue weighted by Crippen LogP contribution is 2.13. The maximum atomic E-state index is 11.6. The maximum Gasteiger partial charge on any atom is 0.323 e. The molecule has 0 radical (unpaired) electrons. The van der Waals surface area contributed by atoms with Gasteiger partial charge in [-0.1, -0.05) is 0 Å². The second-order valence-electron chi connectivity index (χ2n) is 4.82. The zero-order chi connectivity index (χ0) is 10.8. The average molecular weight is 200 g/mol. The fourth-order valence-corrected chi connectivity index (χ4v) is 1.50. The first-order valence-corrected chi connectivity index (χ1v) is 5.10. The Morgan fingerprint density at radius 3 is 2.64 bits per heavy atom. The van der Waals surface area contributed by atoms with Crippen molar-refractivity contribution >= 4 is 5.97 Å². The monoisotopic (exact) mass is 200 g/mol. The molecule has 1 aliphatic heterocycles. The molecule has 0 aromatic carbocycles. The molecule has 1 heterocycles. The van der Waals surface area contributed by atoms with Crippen molar-refractivity contribution in [1.82, 2.24) is 5.32 Å². The lowest BCUT2D eigenvalue weighted by atomic mass is 10.0. The molecule has 0 aromatic heterocycles. The molecule has 0 spiro atoms. The van der Waals surface area contributed by atoms with Crippen molar-refractivity contribution in [3.05, 3.63) is 0 Å². The highest BCUT2D eigenvalue weighted by Gasteiger charge is 2.28. The number of nitrogens with two attached hydrogens (primary N) is 1. The maximum absolute atomic E-state index is 11.6. The van der Waals surface area contributed by atoms with Gasteiger partial charge in [-0.2, -0.15) is 0 Å². The van der Waals surface area contributed by atoms with E-state index in [0.29, 0.717) is 6.42 Å². The standard InChI is InChI=1S/C10H20N2O2/c1-10(2,3)14-9(13)8-6-7(11)4-5-12-8/h7-8,12H,4-6,11H2,1-3H3. The molecule has 1 fully saturated rings. The van der Waals surface area contributed by atoms with Gasteiger partial charge >= 0.3 is 5.97 Å². The van der Waals surface area contributed by atoms with E-state index < -0.39 is 5.60 Å². The van der Waals surface area contributed by atoms with Crippen molar-refractivity contribution in [1.29, 1.82) is 0 Å². The van der Waals surface area contributed by atoms with Crippen LogP contribution in [0.2, 0.25) is 0 Å². The van der Waals surface area contributed by atoms with Gasteiger partial charge in [0, 0.05) is 6.04 Å². The number of carbonyl (C=O) groups is 1. The molecule has 0 amide bonds. The lowest BCUT2D eigenvalue weighted by Crippen LogP contribution is -2.49. The van der Waals surface area contributed by atoms with Crippen LogP contribution in [0.3, 0.4) is 0 Å². The summed E-state index contributed by atoms with van der Waals surface area (Å²) in [6.45, 7) is 6.40. The summed E-state index contributed by atoms with van der Waals surface area (Å²) < 4.78 is 5.27. The Morgan fingerprint density at radius 2 is 2.14 bits per heavy atom. The number of rotatable bonds is 1. The number of carbonyl (C=O) groups excluding carboxylic acids is 1. The Morgan fingerprint density at radius 1 is 1.50 bits per heavy atom. The van der Waals surface area contributed by atoms with E-state index in [0.717, 1.165) is 13.0 Å². The number of ether oxygens (including phenoxy) is 1. The van der Waals surface area contributed by atoms with Gasteiger partial charge in [0.25, 0.3) is 0 Å². The van der Waals surface area contributed by atoms with E-state index in [9.17, 15) is 4.79 Å². The second-order valence-corrected chi connectivity index (χ2v) is 4.82. The average Bonchev–Trinajstić information content (AvgIpc) is 2.01. The number of hydrogen-bond donors (Lipinski definition) is 2. The first kappa shape index (κ1) is 11.5. The number of nitrogens with one attached hydrogen (secondary N) is 1. The van der Waals surface area contributed by atoms with Crippen LogP contribution in [0.15, 0.2) is 0 Å². The molecule has 2 atom stereocenters. The highest BCUT2D eigenvalue weighted by molar-refractivity contribution is 5.76. The van der Waals surface area contributed by atoms with Crippen LogP contribution >= 0.6 is 0 Å². The van der Waals surface area contributed by atoms with Crippen molar-refractivity contribution in [2.75, 3.05) is 6.54 Å². The minimum absolute atomic E-state index is 0.119. The summed E-state index contributed by atoms with van der Waals surface area (Å²) in [7, 11) is 0. The van der Waals surface area contributed by atoms with Crippen LogP contribution in [0.4, 0.5) is 0 Å². The summed E-state index contributed by atoms with van der Waals surface area (Å²) in [6, 6.07) is -0.105. The molecule has 14 heavy (non-hydrogen) atoms. The zero-order valence-electron chi connectivity index (χ0n) is 9.17. The predicted octanol–water partition coefficient (Wildman–Crippen LogP) is 0.407. The largest absolute Gasteiger partial charge is 0.459 e. The van der Waals surface area contributed by atoms with Crippen molar-refractivity contribution in [3.63, 3.8) is 0 Å². The lowest BCUT2D eigenvalue weighted by Gasteiger charge is -2.29. The topological polar surface area (TPSA) is 64.3 Å². The van der Waals surface area contributed by atoms with Crippen molar-refractivity contribution in [2.45, 2.75) is 51.3 Å². The van der Waals surface area contributed by atoms with Gasteiger partial charge in [-0.05, 0) is 40.2 Å². The third-order valence-corrected chi connectivity index (χ3v) is 2.14. The molecular formula is C10H20N2O2. The molecule has 0 bridgehead atoms. The van der Waals surface area contributed by atoms with E-state index in [2.05, 4.69) is 5.32 Å². The zero-order valence-corrected chi connectivity index (χ0v) is 9.17. The van der Waals surface area contributed by atoms with Gasteiger partial charge < -0.3 is 15.8 Å². The molecule has 3 N–H and O–H groups in total. The number of piperidine rings is 1. The fraction of sp³-hybridized carbons (Fsp3) is 0.900. The molecule has 1 saturated heterocycles. The summed E-state index contributed by atoms with van der Waals surface area (Å²) in [6.07, 6.45) is 1.61. The first-order chi connectivity index (χ1) is 6.38. The molecule has 4 nitrogen and oxygen atoms in total. The molecule has 2 unspecified atom stereocenters. The Balaban J connectivity index is 2.44. The molecule has 0 aromatic rings. The van der Waals surface area contributed by atoms with Crippen LogP contribution in [0.25, 0.3) is 0 Å². The molecule has 0 aliphatic carbocycles. The summed E-state index contributed by atoms with van der Waals surface area (Å²) in [4.78, 5) is 11.6. The van der Waals surface area contributed by atoms with Crippen molar-refractivity contribution < 1.29 is 9.53 Å². The predicted molar refractivity (Wildman–Crippen MR) is 54.8 cm³/mol. The van der Waals surface area contributed by atoms with Crippen LogP contribution in [-0.4, -0.2) is 30.2 Å². The summed E-state index contributed by atoms with van der Waals surface area (Å²) in [5.41, 5.74) is 5.36. The van der Waals surface area contributed by atoms with Crippen molar-refractivity contribution in [2.24, 2.45) is 5.73 Å². The van der Waals surface area contributed by atoms with Crippen LogP contribution < -0.4 is 11.1 Å². The Hall–Kier alpha value is -0.610. The minimum Gasteiger partial charge on any atom is -0.459 e. The van der Waals surface area contributed by atoms with Gasteiger partial charge in [-0.25, -0.2) is 0 Å². The van der Waals surface area contributed by atoms with E-state index in [1.807, 2.05) is 20.8 Å². The van der Waals surface area contributed by atoms with E-state index >= 15 is 0 Å². The third-order valence-electron chi connectivity index (χ3n) is 2.14. The van der Waals surface area contributed by atoms with E-state index in [1.54, 1.807) is 0 Å². The smallest absolute Gasteiger partial charge is 0.323 e. The van der Waals surface area contributed by atoms with E-state index in [-0.39, 0.29) is 18.1 Å². The second kappa shape index (κ2) is 4.28. The Bertz CT molecular complexity index is 211.